The Hall–Kier alpha value is -2.28. The minimum absolute atomic E-state index is 0.00391. The Morgan fingerprint density at radius 1 is 1.30 bits per heavy atom. The number of nitrogens with zero attached hydrogens (tertiary/aromatic N) is 4. The number of nitrogens with one attached hydrogen (secondary N) is 1. The van der Waals surface area contributed by atoms with Crippen LogP contribution in [-0.4, -0.2) is 52.2 Å². The molecule has 2 fully saturated rings. The topological polar surface area (TPSA) is 80.2 Å². The summed E-state index contributed by atoms with van der Waals surface area (Å²) in [6.45, 7) is 8.07. The Labute approximate surface area is 159 Å². The second kappa shape index (κ2) is 7.03. The van der Waals surface area contributed by atoms with Crippen molar-refractivity contribution in [3.05, 3.63) is 23.7 Å². The standard InChI is InChI=1S/C20H27N5O2/c1-13-10-14(2)24-18-17(13)19(23-12-22-18)25-8-6-20(7-9-25)5-4-16(27-20)11-21-15(3)26/h10,12,16H,4-9,11H2,1-3H3,(H,21,26)/t16-/m0/s1. The normalized spacial score (nSPS) is 21.7. The summed E-state index contributed by atoms with van der Waals surface area (Å²) in [6, 6.07) is 2.09. The molecule has 7 heteroatoms. The number of hydrogen-bond donors (Lipinski definition) is 1. The van der Waals surface area contributed by atoms with Gasteiger partial charge in [-0.1, -0.05) is 0 Å². The van der Waals surface area contributed by atoms with Crippen molar-refractivity contribution in [2.75, 3.05) is 24.5 Å². The van der Waals surface area contributed by atoms with Crippen molar-refractivity contribution < 1.29 is 9.53 Å². The number of amides is 1. The molecule has 0 bridgehead atoms. The number of ether oxygens (including phenoxy) is 1. The summed E-state index contributed by atoms with van der Waals surface area (Å²) in [5.74, 6) is 0.983. The van der Waals surface area contributed by atoms with Crippen LogP contribution in [-0.2, 0) is 9.53 Å². The number of aromatic nitrogens is 3. The number of carbonyl (C=O) groups is 1. The highest BCUT2D eigenvalue weighted by Crippen LogP contribution is 2.40. The van der Waals surface area contributed by atoms with Crippen LogP contribution in [0.1, 0.15) is 43.9 Å². The molecular weight excluding hydrogens is 342 g/mol. The van der Waals surface area contributed by atoms with Gasteiger partial charge in [0.2, 0.25) is 5.91 Å². The monoisotopic (exact) mass is 369 g/mol. The molecule has 2 aromatic heterocycles. The summed E-state index contributed by atoms with van der Waals surface area (Å²) in [5, 5.41) is 3.93. The molecule has 0 unspecified atom stereocenters. The number of anilines is 1. The molecule has 2 aliphatic heterocycles. The Bertz CT molecular complexity index is 861. The first-order chi connectivity index (χ1) is 13.0. The molecular formula is C20H27N5O2. The van der Waals surface area contributed by atoms with Crippen molar-refractivity contribution in [3.8, 4) is 0 Å². The highest BCUT2D eigenvalue weighted by atomic mass is 16.5. The van der Waals surface area contributed by atoms with Crippen molar-refractivity contribution in [2.24, 2.45) is 0 Å². The molecule has 0 aromatic carbocycles. The van der Waals surface area contributed by atoms with Gasteiger partial charge in [0, 0.05) is 32.3 Å². The van der Waals surface area contributed by atoms with E-state index in [4.69, 9.17) is 4.74 Å². The van der Waals surface area contributed by atoms with Gasteiger partial charge >= 0.3 is 0 Å². The second-order valence-corrected chi connectivity index (χ2v) is 7.86. The van der Waals surface area contributed by atoms with E-state index in [9.17, 15) is 4.79 Å². The van der Waals surface area contributed by atoms with E-state index in [-0.39, 0.29) is 17.6 Å². The largest absolute Gasteiger partial charge is 0.370 e. The minimum Gasteiger partial charge on any atom is -0.370 e. The molecule has 1 atom stereocenters. The van der Waals surface area contributed by atoms with E-state index in [1.165, 1.54) is 5.56 Å². The second-order valence-electron chi connectivity index (χ2n) is 7.86. The van der Waals surface area contributed by atoms with Crippen LogP contribution in [0.15, 0.2) is 12.4 Å². The maximum Gasteiger partial charge on any atom is 0.216 e. The van der Waals surface area contributed by atoms with Gasteiger partial charge in [0.25, 0.3) is 0 Å². The highest BCUT2D eigenvalue weighted by Gasteiger charge is 2.42. The predicted octanol–water partition coefficient (Wildman–Crippen LogP) is 2.30. The maximum absolute atomic E-state index is 11.1. The van der Waals surface area contributed by atoms with Crippen LogP contribution in [0.3, 0.4) is 0 Å². The third kappa shape index (κ3) is 3.60. The molecule has 1 amide bonds. The van der Waals surface area contributed by atoms with Gasteiger partial charge in [-0.05, 0) is 51.2 Å². The van der Waals surface area contributed by atoms with E-state index >= 15 is 0 Å². The third-order valence-electron chi connectivity index (χ3n) is 5.80. The quantitative estimate of drug-likeness (QED) is 0.894. The maximum atomic E-state index is 11.1. The van der Waals surface area contributed by atoms with Gasteiger partial charge in [-0.15, -0.1) is 0 Å². The van der Waals surface area contributed by atoms with E-state index in [0.717, 1.165) is 61.3 Å². The lowest BCUT2D eigenvalue weighted by molar-refractivity contribution is -0.120. The molecule has 0 radical (unpaired) electrons. The molecule has 27 heavy (non-hydrogen) atoms. The number of piperidine rings is 1. The zero-order valence-electron chi connectivity index (χ0n) is 16.3. The van der Waals surface area contributed by atoms with Crippen LogP contribution in [0.5, 0.6) is 0 Å². The van der Waals surface area contributed by atoms with Gasteiger partial charge in [-0.3, -0.25) is 4.79 Å². The summed E-state index contributed by atoms with van der Waals surface area (Å²) < 4.78 is 6.36. The van der Waals surface area contributed by atoms with E-state index < -0.39 is 0 Å². The Morgan fingerprint density at radius 2 is 2.07 bits per heavy atom. The Morgan fingerprint density at radius 3 is 2.81 bits per heavy atom. The minimum atomic E-state index is -0.0493. The Kier molecular flexibility index (Phi) is 4.72. The fraction of sp³-hybridized carbons (Fsp3) is 0.600. The number of carbonyl (C=O) groups excluding carboxylic acids is 1. The average Bonchev–Trinajstić information content (AvgIpc) is 3.02. The molecule has 2 aliphatic rings. The van der Waals surface area contributed by atoms with E-state index in [2.05, 4.69) is 38.2 Å². The first-order valence-corrected chi connectivity index (χ1v) is 9.72. The Balaban J connectivity index is 1.47. The zero-order chi connectivity index (χ0) is 19.0. The summed E-state index contributed by atoms with van der Waals surface area (Å²) in [7, 11) is 0. The number of rotatable bonds is 3. The van der Waals surface area contributed by atoms with E-state index in [0.29, 0.717) is 6.54 Å². The fourth-order valence-electron chi connectivity index (χ4n) is 4.42. The van der Waals surface area contributed by atoms with Gasteiger partial charge < -0.3 is 15.0 Å². The molecule has 2 saturated heterocycles. The van der Waals surface area contributed by atoms with Crippen LogP contribution < -0.4 is 10.2 Å². The third-order valence-corrected chi connectivity index (χ3v) is 5.80. The molecule has 1 N–H and O–H groups in total. The molecule has 144 valence electrons. The average molecular weight is 369 g/mol. The highest BCUT2D eigenvalue weighted by molar-refractivity contribution is 5.90. The van der Waals surface area contributed by atoms with Crippen molar-refractivity contribution in [2.45, 2.75) is 58.2 Å². The number of aryl methyl sites for hydroxylation is 2. The fourth-order valence-corrected chi connectivity index (χ4v) is 4.42. The molecule has 0 saturated carbocycles. The molecule has 7 nitrogen and oxygen atoms in total. The summed E-state index contributed by atoms with van der Waals surface area (Å²) in [5.41, 5.74) is 2.87. The number of pyridine rings is 1. The van der Waals surface area contributed by atoms with Crippen LogP contribution in [0.4, 0.5) is 5.82 Å². The number of fused-ring (bicyclic) bond motifs is 1. The van der Waals surface area contributed by atoms with Crippen LogP contribution in [0.2, 0.25) is 0 Å². The first-order valence-electron chi connectivity index (χ1n) is 9.72. The summed E-state index contributed by atoms with van der Waals surface area (Å²) in [4.78, 5) is 27.0. The van der Waals surface area contributed by atoms with Crippen molar-refractivity contribution in [1.82, 2.24) is 20.3 Å². The predicted molar refractivity (Wildman–Crippen MR) is 104 cm³/mol. The zero-order valence-corrected chi connectivity index (χ0v) is 16.3. The van der Waals surface area contributed by atoms with Gasteiger partial charge in [0.1, 0.15) is 12.1 Å². The smallest absolute Gasteiger partial charge is 0.216 e. The van der Waals surface area contributed by atoms with E-state index in [1.807, 2.05) is 6.92 Å². The summed E-state index contributed by atoms with van der Waals surface area (Å²) in [6.07, 6.45) is 5.79. The molecule has 1 spiro atoms. The van der Waals surface area contributed by atoms with Gasteiger partial charge in [-0.2, -0.15) is 0 Å². The SMILES string of the molecule is CC(=O)NC[C@@H]1CCC2(CCN(c3ncnc4nc(C)cc(C)c34)CC2)O1. The first kappa shape index (κ1) is 18.1. The molecule has 4 heterocycles. The van der Waals surface area contributed by atoms with Gasteiger partial charge in [-0.25, -0.2) is 15.0 Å². The van der Waals surface area contributed by atoms with Crippen LogP contribution in [0, 0.1) is 13.8 Å². The molecule has 2 aromatic rings. The molecule has 0 aliphatic carbocycles. The number of hydrogen-bond acceptors (Lipinski definition) is 6. The lowest BCUT2D eigenvalue weighted by atomic mass is 9.88. The van der Waals surface area contributed by atoms with Crippen molar-refractivity contribution >= 4 is 22.8 Å². The van der Waals surface area contributed by atoms with E-state index in [1.54, 1.807) is 13.3 Å². The summed E-state index contributed by atoms with van der Waals surface area (Å²) >= 11 is 0. The van der Waals surface area contributed by atoms with Crippen molar-refractivity contribution in [3.63, 3.8) is 0 Å². The van der Waals surface area contributed by atoms with Gasteiger partial charge in [0.15, 0.2) is 5.65 Å². The molecule has 4 rings (SSSR count). The van der Waals surface area contributed by atoms with Crippen molar-refractivity contribution in [1.29, 1.82) is 0 Å². The lowest BCUT2D eigenvalue weighted by Gasteiger charge is -2.40. The van der Waals surface area contributed by atoms with Crippen LogP contribution in [0.25, 0.3) is 11.0 Å². The lowest BCUT2D eigenvalue weighted by Crippen LogP contribution is -2.45. The van der Waals surface area contributed by atoms with Crippen LogP contribution >= 0.6 is 0 Å². The van der Waals surface area contributed by atoms with Gasteiger partial charge in [0.05, 0.1) is 17.1 Å².